The molecule has 1 N–H and O–H groups in total. The molecule has 0 aromatic carbocycles. The second-order valence-corrected chi connectivity index (χ2v) is 3.92. The van der Waals surface area contributed by atoms with E-state index in [1.165, 1.54) is 6.92 Å². The van der Waals surface area contributed by atoms with Gasteiger partial charge in [-0.05, 0) is 0 Å². The monoisotopic (exact) mass is 203 g/mol. The lowest BCUT2D eigenvalue weighted by Gasteiger charge is -2.17. The number of aliphatic hydroxyl groups is 1. The van der Waals surface area contributed by atoms with Gasteiger partial charge in [0.15, 0.2) is 0 Å². The number of alkyl halides is 2. The van der Waals surface area contributed by atoms with Crippen LogP contribution in [-0.4, -0.2) is 43.3 Å². The van der Waals surface area contributed by atoms with Crippen LogP contribution in [0.3, 0.4) is 0 Å². The zero-order chi connectivity index (χ0) is 9.78. The third kappa shape index (κ3) is 2.65. The zero-order valence-corrected chi connectivity index (χ0v) is 7.39. The molecule has 0 amide bonds. The average molecular weight is 203 g/mol. The maximum atomic E-state index is 11.9. The van der Waals surface area contributed by atoms with Crippen LogP contribution in [0.2, 0.25) is 0 Å². The third-order valence-electron chi connectivity index (χ3n) is 1.29. The highest BCUT2D eigenvalue weighted by atomic mass is 32.2. The van der Waals surface area contributed by atoms with Gasteiger partial charge in [-0.3, -0.25) is 0 Å². The third-order valence-corrected chi connectivity index (χ3v) is 2.90. The molecule has 0 unspecified atom stereocenters. The smallest absolute Gasteiger partial charge is 0.350 e. The van der Waals surface area contributed by atoms with Crippen LogP contribution in [0.1, 0.15) is 6.92 Å². The predicted molar refractivity (Wildman–Crippen MR) is 39.3 cm³/mol. The highest BCUT2D eigenvalue weighted by Gasteiger charge is 2.30. The van der Waals surface area contributed by atoms with E-state index in [-0.39, 0.29) is 13.1 Å². The summed E-state index contributed by atoms with van der Waals surface area (Å²) in [5.74, 6) is -3.41. The number of halogens is 2. The summed E-state index contributed by atoms with van der Waals surface area (Å²) in [5, 5.41) is 8.36. The average Bonchev–Trinajstić information content (AvgIpc) is 1.99. The summed E-state index contributed by atoms with van der Waals surface area (Å²) in [5.41, 5.74) is 0. The molecular formula is C5H11F2NO3S. The maximum Gasteiger partial charge on any atom is 0.350 e. The molecule has 4 nitrogen and oxygen atoms in total. The molecule has 0 fully saturated rings. The van der Waals surface area contributed by atoms with Crippen molar-refractivity contribution in [1.29, 1.82) is 0 Å². The van der Waals surface area contributed by atoms with E-state index >= 15 is 0 Å². The SMILES string of the molecule is CCN(CCO)S(=O)(=O)C(F)F. The summed E-state index contributed by atoms with van der Waals surface area (Å²) in [4.78, 5) is 0. The molecule has 0 aliphatic rings. The molecule has 0 aliphatic heterocycles. The first kappa shape index (κ1) is 11.7. The number of sulfonamides is 1. The molecule has 0 heterocycles. The van der Waals surface area contributed by atoms with Gasteiger partial charge in [0.25, 0.3) is 10.0 Å². The van der Waals surface area contributed by atoms with Crippen molar-refractivity contribution in [3.05, 3.63) is 0 Å². The summed E-state index contributed by atoms with van der Waals surface area (Å²) in [6.45, 7) is 0.617. The molecule has 0 saturated carbocycles. The van der Waals surface area contributed by atoms with Crippen molar-refractivity contribution >= 4 is 10.0 Å². The van der Waals surface area contributed by atoms with E-state index in [1.807, 2.05) is 0 Å². The quantitative estimate of drug-likeness (QED) is 0.676. The Bertz CT molecular complexity index is 217. The first-order valence-corrected chi connectivity index (χ1v) is 4.85. The highest BCUT2D eigenvalue weighted by molar-refractivity contribution is 7.89. The molecule has 0 aliphatic carbocycles. The Balaban J connectivity index is 4.49. The van der Waals surface area contributed by atoms with Gasteiger partial charge in [0.1, 0.15) is 0 Å². The number of aliphatic hydroxyl groups excluding tert-OH is 1. The minimum Gasteiger partial charge on any atom is -0.395 e. The van der Waals surface area contributed by atoms with Gasteiger partial charge in [0, 0.05) is 13.1 Å². The Morgan fingerprint density at radius 1 is 1.50 bits per heavy atom. The predicted octanol–water partition coefficient (Wildman–Crippen LogP) is -0.147. The number of rotatable bonds is 5. The second kappa shape index (κ2) is 4.68. The zero-order valence-electron chi connectivity index (χ0n) is 6.57. The van der Waals surface area contributed by atoms with Crippen LogP contribution in [0, 0.1) is 0 Å². The summed E-state index contributed by atoms with van der Waals surface area (Å²) in [7, 11) is -4.51. The van der Waals surface area contributed by atoms with E-state index in [0.29, 0.717) is 4.31 Å². The molecular weight excluding hydrogens is 192 g/mol. The molecule has 0 atom stereocenters. The molecule has 0 aromatic rings. The molecule has 0 rings (SSSR count). The van der Waals surface area contributed by atoms with Crippen molar-refractivity contribution < 1.29 is 22.3 Å². The maximum absolute atomic E-state index is 11.9. The van der Waals surface area contributed by atoms with Gasteiger partial charge in [0.2, 0.25) is 0 Å². The molecule has 12 heavy (non-hydrogen) atoms. The standard InChI is InChI=1S/C5H11F2NO3S/c1-2-8(3-4-9)12(10,11)5(6)7/h5,9H,2-4H2,1H3. The van der Waals surface area contributed by atoms with Crippen LogP contribution in [0.5, 0.6) is 0 Å². The summed E-state index contributed by atoms with van der Waals surface area (Å²) in [6.07, 6.45) is 0. The van der Waals surface area contributed by atoms with E-state index in [0.717, 1.165) is 0 Å². The Morgan fingerprint density at radius 2 is 2.00 bits per heavy atom. The van der Waals surface area contributed by atoms with Crippen LogP contribution in [0.15, 0.2) is 0 Å². The first-order chi connectivity index (χ1) is 5.46. The largest absolute Gasteiger partial charge is 0.395 e. The summed E-state index contributed by atoms with van der Waals surface area (Å²) >= 11 is 0. The van der Waals surface area contributed by atoms with Gasteiger partial charge in [0.05, 0.1) is 6.61 Å². The fraction of sp³-hybridized carbons (Fsp3) is 1.00. The van der Waals surface area contributed by atoms with Crippen LogP contribution < -0.4 is 0 Å². The Labute approximate surface area is 69.8 Å². The highest BCUT2D eigenvalue weighted by Crippen LogP contribution is 2.10. The van der Waals surface area contributed by atoms with Crippen molar-refractivity contribution in [2.75, 3.05) is 19.7 Å². The van der Waals surface area contributed by atoms with Crippen LogP contribution in [0.4, 0.5) is 8.78 Å². The fourth-order valence-electron chi connectivity index (χ4n) is 0.690. The fourth-order valence-corrected chi connectivity index (χ4v) is 1.61. The van der Waals surface area contributed by atoms with Gasteiger partial charge in [-0.1, -0.05) is 6.92 Å². The Morgan fingerprint density at radius 3 is 2.25 bits per heavy atom. The molecule has 7 heteroatoms. The van der Waals surface area contributed by atoms with Gasteiger partial charge < -0.3 is 5.11 Å². The lowest BCUT2D eigenvalue weighted by molar-refractivity contribution is 0.208. The van der Waals surface area contributed by atoms with Crippen LogP contribution in [-0.2, 0) is 10.0 Å². The lowest BCUT2D eigenvalue weighted by atomic mass is 10.6. The van der Waals surface area contributed by atoms with E-state index in [2.05, 4.69) is 0 Å². The van der Waals surface area contributed by atoms with Crippen molar-refractivity contribution in [3.63, 3.8) is 0 Å². The Hall–Kier alpha value is -0.270. The van der Waals surface area contributed by atoms with E-state index in [4.69, 9.17) is 5.11 Å². The number of hydrogen-bond acceptors (Lipinski definition) is 3. The summed E-state index contributed by atoms with van der Waals surface area (Å²) < 4.78 is 45.7. The lowest BCUT2D eigenvalue weighted by Crippen LogP contribution is -2.37. The van der Waals surface area contributed by atoms with Gasteiger partial charge in [-0.15, -0.1) is 0 Å². The van der Waals surface area contributed by atoms with E-state index in [9.17, 15) is 17.2 Å². The molecule has 0 spiro atoms. The first-order valence-electron chi connectivity index (χ1n) is 3.34. The topological polar surface area (TPSA) is 57.6 Å². The van der Waals surface area contributed by atoms with Gasteiger partial charge >= 0.3 is 5.76 Å². The second-order valence-electron chi connectivity index (χ2n) is 2.02. The molecule has 74 valence electrons. The minimum atomic E-state index is -4.51. The van der Waals surface area contributed by atoms with E-state index in [1.54, 1.807) is 0 Å². The molecule has 0 bridgehead atoms. The van der Waals surface area contributed by atoms with Gasteiger partial charge in [-0.2, -0.15) is 13.1 Å². The molecule has 0 saturated heterocycles. The van der Waals surface area contributed by atoms with Crippen molar-refractivity contribution in [1.82, 2.24) is 4.31 Å². The molecule has 0 radical (unpaired) electrons. The number of nitrogens with zero attached hydrogens (tertiary/aromatic N) is 1. The van der Waals surface area contributed by atoms with Crippen LogP contribution in [0.25, 0.3) is 0 Å². The number of likely N-dealkylation sites (N-methyl/N-ethyl adjacent to an activating group) is 1. The van der Waals surface area contributed by atoms with Gasteiger partial charge in [-0.25, -0.2) is 8.42 Å². The normalized spacial score (nSPS) is 12.8. The van der Waals surface area contributed by atoms with Crippen molar-refractivity contribution in [2.24, 2.45) is 0 Å². The minimum absolute atomic E-state index is 0.0623. The van der Waals surface area contributed by atoms with E-state index < -0.39 is 22.4 Å². The summed E-state index contributed by atoms with van der Waals surface area (Å²) in [6, 6.07) is 0. The number of hydrogen-bond donors (Lipinski definition) is 1. The van der Waals surface area contributed by atoms with Crippen molar-refractivity contribution in [3.8, 4) is 0 Å². The molecule has 0 aromatic heterocycles. The van der Waals surface area contributed by atoms with Crippen molar-refractivity contribution in [2.45, 2.75) is 12.7 Å². The van der Waals surface area contributed by atoms with Crippen LogP contribution >= 0.6 is 0 Å². The Kier molecular flexibility index (Phi) is 4.58.